The second kappa shape index (κ2) is 80.4. The SMILES string of the molecule is CC/C=C\C/C=C\C/C=C\C/C=C\C/C=C\C/C=C\CCCCCCCCCCCCCCCCCCC(=O)OC(COC(=O)CCCCCCCCCCCCCCCCCCCCCCCCCCCCCCCCCCCCCCCCC)COP(=O)(O)OCCN. The molecule has 2 unspecified atom stereocenters. The van der Waals surface area contributed by atoms with E-state index in [2.05, 4.69) is 86.8 Å². The summed E-state index contributed by atoms with van der Waals surface area (Å²) in [7, 11) is -4.40. The molecule has 0 aliphatic heterocycles. The zero-order chi connectivity index (χ0) is 68.6. The topological polar surface area (TPSA) is 134 Å². The van der Waals surface area contributed by atoms with Crippen LogP contribution in [0.1, 0.15) is 425 Å². The molecule has 0 aromatic rings. The first-order chi connectivity index (χ1) is 46.8. The Morgan fingerprint density at radius 1 is 0.326 bits per heavy atom. The molecule has 0 amide bonds. The van der Waals surface area contributed by atoms with E-state index in [1.54, 1.807) is 0 Å². The fraction of sp³-hybridized carbons (Fsp3) is 0.835. The van der Waals surface area contributed by atoms with E-state index in [9.17, 15) is 19.0 Å². The van der Waals surface area contributed by atoms with Gasteiger partial charge in [-0.15, -0.1) is 0 Å². The summed E-state index contributed by atoms with van der Waals surface area (Å²) in [6.45, 7) is 3.70. The molecular formula is C85H158NO8P. The van der Waals surface area contributed by atoms with Crippen molar-refractivity contribution in [2.75, 3.05) is 26.4 Å². The van der Waals surface area contributed by atoms with Crippen molar-refractivity contribution in [1.82, 2.24) is 0 Å². The third kappa shape index (κ3) is 80.3. The number of esters is 2. The van der Waals surface area contributed by atoms with Crippen molar-refractivity contribution in [2.45, 2.75) is 431 Å². The van der Waals surface area contributed by atoms with Crippen LogP contribution >= 0.6 is 7.82 Å². The Hall–Kier alpha value is -2.55. The summed E-state index contributed by atoms with van der Waals surface area (Å²) in [5, 5.41) is 0. The van der Waals surface area contributed by atoms with Gasteiger partial charge in [0.1, 0.15) is 6.61 Å². The quantitative estimate of drug-likeness (QED) is 0.0264. The van der Waals surface area contributed by atoms with Crippen molar-refractivity contribution in [3.05, 3.63) is 72.9 Å². The second-order valence-corrected chi connectivity index (χ2v) is 29.4. The minimum atomic E-state index is -4.40. The average Bonchev–Trinajstić information content (AvgIpc) is 3.32. The van der Waals surface area contributed by atoms with Gasteiger partial charge in [0.05, 0.1) is 13.2 Å². The number of nitrogens with two attached hydrogens (primary N) is 1. The van der Waals surface area contributed by atoms with Crippen LogP contribution in [0.4, 0.5) is 0 Å². The van der Waals surface area contributed by atoms with E-state index in [-0.39, 0.29) is 38.6 Å². The third-order valence-corrected chi connectivity index (χ3v) is 19.6. The van der Waals surface area contributed by atoms with Crippen LogP contribution in [0.25, 0.3) is 0 Å². The van der Waals surface area contributed by atoms with Crippen LogP contribution in [0, 0.1) is 0 Å². The Balaban J connectivity index is 3.75. The number of phosphoric ester groups is 1. The molecule has 0 bridgehead atoms. The lowest BCUT2D eigenvalue weighted by Crippen LogP contribution is -2.29. The highest BCUT2D eigenvalue weighted by molar-refractivity contribution is 7.47. The summed E-state index contributed by atoms with van der Waals surface area (Å²) < 4.78 is 33.3. The second-order valence-electron chi connectivity index (χ2n) is 28.0. The van der Waals surface area contributed by atoms with E-state index >= 15 is 0 Å². The van der Waals surface area contributed by atoms with Gasteiger partial charge in [-0.25, -0.2) is 4.57 Å². The summed E-state index contributed by atoms with van der Waals surface area (Å²) in [6, 6.07) is 0. The van der Waals surface area contributed by atoms with Gasteiger partial charge in [-0.2, -0.15) is 0 Å². The predicted molar refractivity (Wildman–Crippen MR) is 413 cm³/mol. The van der Waals surface area contributed by atoms with Crippen LogP contribution in [0.5, 0.6) is 0 Å². The van der Waals surface area contributed by atoms with E-state index in [0.717, 1.165) is 77.0 Å². The maximum atomic E-state index is 12.8. The number of hydrogen-bond donors (Lipinski definition) is 2. The van der Waals surface area contributed by atoms with Crippen molar-refractivity contribution in [1.29, 1.82) is 0 Å². The van der Waals surface area contributed by atoms with E-state index in [1.807, 2.05) is 0 Å². The maximum absolute atomic E-state index is 12.8. The molecule has 0 fully saturated rings. The van der Waals surface area contributed by atoms with Gasteiger partial charge < -0.3 is 20.1 Å². The number of carbonyl (C=O) groups is 2. The molecular weight excluding hydrogens is 1190 g/mol. The summed E-state index contributed by atoms with van der Waals surface area (Å²) >= 11 is 0. The molecule has 0 aliphatic rings. The van der Waals surface area contributed by atoms with Crippen molar-refractivity contribution < 1.29 is 37.6 Å². The van der Waals surface area contributed by atoms with Gasteiger partial charge in [0, 0.05) is 19.4 Å². The molecule has 95 heavy (non-hydrogen) atoms. The normalized spacial score (nSPS) is 13.2. The summed E-state index contributed by atoms with van der Waals surface area (Å²) in [6.07, 6.45) is 108. The minimum absolute atomic E-state index is 0.0541. The lowest BCUT2D eigenvalue weighted by Gasteiger charge is -2.19. The molecule has 0 rings (SSSR count). The van der Waals surface area contributed by atoms with E-state index in [4.69, 9.17) is 24.3 Å². The van der Waals surface area contributed by atoms with Gasteiger partial charge in [-0.3, -0.25) is 18.6 Å². The number of unbranched alkanes of at least 4 members (excludes halogenated alkanes) is 54. The van der Waals surface area contributed by atoms with E-state index < -0.39 is 26.5 Å². The molecule has 556 valence electrons. The van der Waals surface area contributed by atoms with Gasteiger partial charge in [0.2, 0.25) is 0 Å². The van der Waals surface area contributed by atoms with Crippen molar-refractivity contribution >= 4 is 19.8 Å². The van der Waals surface area contributed by atoms with Crippen LogP contribution in [-0.4, -0.2) is 49.3 Å². The lowest BCUT2D eigenvalue weighted by molar-refractivity contribution is -0.161. The maximum Gasteiger partial charge on any atom is 0.472 e. The van der Waals surface area contributed by atoms with Crippen LogP contribution in [0.15, 0.2) is 72.9 Å². The number of hydrogen-bond acceptors (Lipinski definition) is 8. The fourth-order valence-corrected chi connectivity index (χ4v) is 13.3. The van der Waals surface area contributed by atoms with Gasteiger partial charge in [-0.05, 0) is 64.2 Å². The van der Waals surface area contributed by atoms with Crippen LogP contribution in [0.3, 0.4) is 0 Å². The Morgan fingerprint density at radius 3 is 0.863 bits per heavy atom. The molecule has 0 spiro atoms. The third-order valence-electron chi connectivity index (χ3n) is 18.6. The highest BCUT2D eigenvalue weighted by atomic mass is 31.2. The number of phosphoric acid groups is 1. The van der Waals surface area contributed by atoms with Crippen molar-refractivity contribution in [3.8, 4) is 0 Å². The molecule has 0 saturated carbocycles. The largest absolute Gasteiger partial charge is 0.472 e. The lowest BCUT2D eigenvalue weighted by atomic mass is 10.0. The predicted octanol–water partition coefficient (Wildman–Crippen LogP) is 27.9. The van der Waals surface area contributed by atoms with E-state index in [0.29, 0.717) is 6.42 Å². The molecule has 0 aromatic carbocycles. The highest BCUT2D eigenvalue weighted by Gasteiger charge is 2.26. The molecule has 0 heterocycles. The molecule has 0 radical (unpaired) electrons. The number of carbonyl (C=O) groups excluding carboxylic acids is 2. The molecule has 3 N–H and O–H groups in total. The first-order valence-electron chi connectivity index (χ1n) is 41.4. The van der Waals surface area contributed by atoms with Crippen LogP contribution in [-0.2, 0) is 32.7 Å². The Kier molecular flexibility index (Phi) is 78.3. The zero-order valence-corrected chi connectivity index (χ0v) is 63.8. The Bertz CT molecular complexity index is 1790. The van der Waals surface area contributed by atoms with E-state index in [1.165, 1.54) is 315 Å². The van der Waals surface area contributed by atoms with Gasteiger partial charge in [0.15, 0.2) is 6.10 Å². The molecule has 0 aliphatic carbocycles. The van der Waals surface area contributed by atoms with Gasteiger partial charge in [0.25, 0.3) is 0 Å². The molecule has 0 saturated heterocycles. The van der Waals surface area contributed by atoms with Gasteiger partial charge >= 0.3 is 19.8 Å². The fourth-order valence-electron chi connectivity index (χ4n) is 12.5. The Morgan fingerprint density at radius 2 is 0.579 bits per heavy atom. The monoisotopic (exact) mass is 1350 g/mol. The van der Waals surface area contributed by atoms with Crippen LogP contribution < -0.4 is 5.73 Å². The summed E-state index contributed by atoms with van der Waals surface area (Å²) in [5.74, 6) is -0.807. The summed E-state index contributed by atoms with van der Waals surface area (Å²) in [4.78, 5) is 35.5. The molecule has 9 nitrogen and oxygen atoms in total. The highest BCUT2D eigenvalue weighted by Crippen LogP contribution is 2.43. The molecule has 2 atom stereocenters. The standard InChI is InChI=1S/C85H158NO8P/c1-3-5-7-9-11-13-15-17-19-21-23-25-27-29-31-33-35-37-39-40-41-42-44-45-47-49-51-53-55-57-59-61-63-65-67-69-71-73-75-77-84(87)91-81-83(82-93-95(89,90)92-80-79-86)94-85(88)78-76-74-72-70-68-66-64-62-60-58-56-54-52-50-48-46-43-38-36-34-32-30-28-26-24-22-20-18-16-14-12-10-8-6-4-2/h6,8,12,14,18,20,24,26,30,32,36,38,83H,3-5,7,9-11,13,15-17,19,21-23,25,27-29,31,33-35,37,39-82,86H2,1-2H3,(H,89,90)/b8-6-,14-12-,20-18-,26-24-,32-30-,38-36-. The minimum Gasteiger partial charge on any atom is -0.462 e. The van der Waals surface area contributed by atoms with Crippen molar-refractivity contribution in [2.24, 2.45) is 5.73 Å². The average molecular weight is 1350 g/mol. The Labute approximate surface area is 590 Å². The molecule has 10 heteroatoms. The smallest absolute Gasteiger partial charge is 0.462 e. The molecule has 0 aromatic heterocycles. The van der Waals surface area contributed by atoms with Gasteiger partial charge in [-0.1, -0.05) is 421 Å². The number of ether oxygens (including phenoxy) is 2. The first-order valence-corrected chi connectivity index (χ1v) is 42.9. The van der Waals surface area contributed by atoms with Crippen LogP contribution in [0.2, 0.25) is 0 Å². The summed E-state index contributed by atoms with van der Waals surface area (Å²) in [5.41, 5.74) is 5.42. The van der Waals surface area contributed by atoms with Crippen molar-refractivity contribution in [3.63, 3.8) is 0 Å². The first kappa shape index (κ1) is 92.4. The number of allylic oxidation sites excluding steroid dienone is 12. The zero-order valence-electron chi connectivity index (χ0n) is 62.9. The number of rotatable bonds is 79.